The standard InChI is InChI=1S/C14H19N3O2S/c1-2-3-11-6-7-17(10-11)20(18,19)14-5-4-12(9-15)8-13(14)16/h4-5,8,11H,2-3,6-7,10,16H2,1H3. The van der Waals surface area contributed by atoms with E-state index in [4.69, 9.17) is 11.0 Å². The van der Waals surface area contributed by atoms with Crippen molar-refractivity contribution in [2.24, 2.45) is 5.92 Å². The predicted molar refractivity (Wildman–Crippen MR) is 77.3 cm³/mol. The highest BCUT2D eigenvalue weighted by Crippen LogP contribution is 2.29. The molecule has 1 atom stereocenters. The van der Waals surface area contributed by atoms with Crippen LogP contribution in [-0.2, 0) is 10.0 Å². The smallest absolute Gasteiger partial charge is 0.245 e. The molecule has 2 rings (SSSR count). The van der Waals surface area contributed by atoms with Gasteiger partial charge in [-0.05, 0) is 37.0 Å². The van der Waals surface area contributed by atoms with E-state index >= 15 is 0 Å². The Labute approximate surface area is 120 Å². The fourth-order valence-corrected chi connectivity index (χ4v) is 4.28. The van der Waals surface area contributed by atoms with Crippen LogP contribution in [0.2, 0.25) is 0 Å². The van der Waals surface area contributed by atoms with Gasteiger partial charge in [-0.2, -0.15) is 9.57 Å². The minimum Gasteiger partial charge on any atom is -0.398 e. The summed E-state index contributed by atoms with van der Waals surface area (Å²) >= 11 is 0. The van der Waals surface area contributed by atoms with E-state index in [0.717, 1.165) is 19.3 Å². The summed E-state index contributed by atoms with van der Waals surface area (Å²) in [6, 6.07) is 6.28. The Kier molecular flexibility index (Phi) is 4.31. The monoisotopic (exact) mass is 293 g/mol. The highest BCUT2D eigenvalue weighted by atomic mass is 32.2. The Balaban J connectivity index is 2.26. The summed E-state index contributed by atoms with van der Waals surface area (Å²) in [5.74, 6) is 0.439. The molecular weight excluding hydrogens is 274 g/mol. The summed E-state index contributed by atoms with van der Waals surface area (Å²) < 4.78 is 26.6. The van der Waals surface area contributed by atoms with Crippen molar-refractivity contribution in [2.75, 3.05) is 18.8 Å². The molecule has 1 aliphatic rings. The second-order valence-corrected chi connectivity index (χ2v) is 7.08. The molecular formula is C14H19N3O2S. The first-order chi connectivity index (χ1) is 9.48. The molecule has 0 spiro atoms. The summed E-state index contributed by atoms with van der Waals surface area (Å²) in [4.78, 5) is 0.105. The number of hydrogen-bond donors (Lipinski definition) is 1. The molecule has 1 saturated heterocycles. The van der Waals surface area contributed by atoms with Crippen molar-refractivity contribution >= 4 is 15.7 Å². The molecule has 1 fully saturated rings. The fourth-order valence-electron chi connectivity index (χ4n) is 2.65. The molecule has 108 valence electrons. The van der Waals surface area contributed by atoms with E-state index in [1.165, 1.54) is 22.5 Å². The van der Waals surface area contributed by atoms with Crippen LogP contribution in [-0.4, -0.2) is 25.8 Å². The SMILES string of the molecule is CCCC1CCN(S(=O)(=O)c2ccc(C#N)cc2N)C1. The van der Waals surface area contributed by atoms with Gasteiger partial charge in [-0.3, -0.25) is 0 Å². The maximum Gasteiger partial charge on any atom is 0.245 e. The van der Waals surface area contributed by atoms with Crippen LogP contribution in [0.4, 0.5) is 5.69 Å². The van der Waals surface area contributed by atoms with Crippen LogP contribution >= 0.6 is 0 Å². The van der Waals surface area contributed by atoms with Crippen LogP contribution in [0.25, 0.3) is 0 Å². The van der Waals surface area contributed by atoms with Gasteiger partial charge in [0.15, 0.2) is 0 Å². The van der Waals surface area contributed by atoms with E-state index in [2.05, 4.69) is 6.92 Å². The Bertz CT molecular complexity index is 634. The van der Waals surface area contributed by atoms with Crippen LogP contribution in [0, 0.1) is 17.2 Å². The number of nitrogens with zero attached hydrogens (tertiary/aromatic N) is 2. The summed E-state index contributed by atoms with van der Waals surface area (Å²) in [7, 11) is -3.55. The molecule has 0 bridgehead atoms. The Morgan fingerprint density at radius 2 is 2.25 bits per heavy atom. The Morgan fingerprint density at radius 1 is 1.50 bits per heavy atom. The fraction of sp³-hybridized carbons (Fsp3) is 0.500. The van der Waals surface area contributed by atoms with E-state index in [1.807, 2.05) is 6.07 Å². The molecule has 1 unspecified atom stereocenters. The maximum absolute atomic E-state index is 12.6. The Morgan fingerprint density at radius 3 is 2.85 bits per heavy atom. The third-order valence-corrected chi connectivity index (χ3v) is 5.64. The molecule has 0 saturated carbocycles. The topological polar surface area (TPSA) is 87.2 Å². The normalized spacial score (nSPS) is 19.9. The van der Waals surface area contributed by atoms with Gasteiger partial charge in [0, 0.05) is 13.1 Å². The van der Waals surface area contributed by atoms with Crippen molar-refractivity contribution in [2.45, 2.75) is 31.1 Å². The lowest BCUT2D eigenvalue weighted by molar-refractivity contribution is 0.445. The lowest BCUT2D eigenvalue weighted by atomic mass is 10.0. The second kappa shape index (κ2) is 5.81. The molecule has 0 aliphatic carbocycles. The number of nitrogens with two attached hydrogens (primary N) is 1. The second-order valence-electron chi connectivity index (χ2n) is 5.17. The molecule has 1 aliphatic heterocycles. The zero-order valence-electron chi connectivity index (χ0n) is 11.5. The number of anilines is 1. The third kappa shape index (κ3) is 2.79. The summed E-state index contributed by atoms with van der Waals surface area (Å²) in [6.07, 6.45) is 3.02. The molecule has 20 heavy (non-hydrogen) atoms. The molecule has 1 aromatic carbocycles. The molecule has 1 aromatic rings. The number of nitrogen functional groups attached to an aromatic ring is 1. The van der Waals surface area contributed by atoms with Gasteiger partial charge < -0.3 is 5.73 Å². The van der Waals surface area contributed by atoms with Gasteiger partial charge in [-0.25, -0.2) is 8.42 Å². The van der Waals surface area contributed by atoms with Crippen molar-refractivity contribution < 1.29 is 8.42 Å². The van der Waals surface area contributed by atoms with E-state index in [9.17, 15) is 8.42 Å². The molecule has 5 nitrogen and oxygen atoms in total. The molecule has 1 heterocycles. The van der Waals surface area contributed by atoms with E-state index in [1.54, 1.807) is 0 Å². The van der Waals surface area contributed by atoms with Crippen LogP contribution < -0.4 is 5.73 Å². The van der Waals surface area contributed by atoms with Crippen molar-refractivity contribution in [1.29, 1.82) is 5.26 Å². The van der Waals surface area contributed by atoms with Gasteiger partial charge in [0.1, 0.15) is 4.90 Å². The average Bonchev–Trinajstić information content (AvgIpc) is 2.88. The molecule has 6 heteroatoms. The van der Waals surface area contributed by atoms with Gasteiger partial charge in [-0.1, -0.05) is 13.3 Å². The number of benzene rings is 1. The molecule has 2 N–H and O–H groups in total. The minimum atomic E-state index is -3.55. The van der Waals surface area contributed by atoms with Gasteiger partial charge >= 0.3 is 0 Å². The maximum atomic E-state index is 12.6. The van der Waals surface area contributed by atoms with Crippen LogP contribution in [0.1, 0.15) is 31.7 Å². The lowest BCUT2D eigenvalue weighted by Gasteiger charge is -2.17. The van der Waals surface area contributed by atoms with Gasteiger partial charge in [0.2, 0.25) is 10.0 Å². The summed E-state index contributed by atoms with van der Waals surface area (Å²) in [6.45, 7) is 3.22. The summed E-state index contributed by atoms with van der Waals surface area (Å²) in [5.41, 5.74) is 6.30. The molecule has 0 aromatic heterocycles. The van der Waals surface area contributed by atoms with Crippen LogP contribution in [0.15, 0.2) is 23.1 Å². The first-order valence-corrected chi connectivity index (χ1v) is 8.22. The number of hydrogen-bond acceptors (Lipinski definition) is 4. The van der Waals surface area contributed by atoms with E-state index in [-0.39, 0.29) is 10.6 Å². The highest BCUT2D eigenvalue weighted by molar-refractivity contribution is 7.89. The lowest BCUT2D eigenvalue weighted by Crippen LogP contribution is -2.29. The first kappa shape index (κ1) is 14.8. The first-order valence-electron chi connectivity index (χ1n) is 6.78. The van der Waals surface area contributed by atoms with E-state index in [0.29, 0.717) is 24.6 Å². The number of rotatable bonds is 4. The Hall–Kier alpha value is -1.58. The van der Waals surface area contributed by atoms with Crippen molar-refractivity contribution in [1.82, 2.24) is 4.31 Å². The highest BCUT2D eigenvalue weighted by Gasteiger charge is 2.33. The molecule has 0 amide bonds. The number of sulfonamides is 1. The van der Waals surface area contributed by atoms with Crippen molar-refractivity contribution in [3.63, 3.8) is 0 Å². The summed E-state index contributed by atoms with van der Waals surface area (Å²) in [5, 5.41) is 8.80. The van der Waals surface area contributed by atoms with Gasteiger partial charge in [-0.15, -0.1) is 0 Å². The zero-order chi connectivity index (χ0) is 14.8. The van der Waals surface area contributed by atoms with Gasteiger partial charge in [0.05, 0.1) is 17.3 Å². The van der Waals surface area contributed by atoms with Crippen LogP contribution in [0.5, 0.6) is 0 Å². The quantitative estimate of drug-likeness (QED) is 0.859. The van der Waals surface area contributed by atoms with Crippen LogP contribution in [0.3, 0.4) is 0 Å². The van der Waals surface area contributed by atoms with E-state index < -0.39 is 10.0 Å². The molecule has 0 radical (unpaired) electrons. The third-order valence-electron chi connectivity index (χ3n) is 3.70. The zero-order valence-corrected chi connectivity index (χ0v) is 12.4. The number of nitriles is 1. The minimum absolute atomic E-state index is 0.105. The van der Waals surface area contributed by atoms with Crippen molar-refractivity contribution in [3.8, 4) is 6.07 Å². The predicted octanol–water partition coefficient (Wildman–Crippen LogP) is 1.95. The van der Waals surface area contributed by atoms with Crippen molar-refractivity contribution in [3.05, 3.63) is 23.8 Å². The average molecular weight is 293 g/mol. The largest absolute Gasteiger partial charge is 0.398 e. The van der Waals surface area contributed by atoms with Gasteiger partial charge in [0.25, 0.3) is 0 Å².